The van der Waals surface area contributed by atoms with Crippen molar-refractivity contribution in [2.75, 3.05) is 6.54 Å². The van der Waals surface area contributed by atoms with E-state index in [-0.39, 0.29) is 18.9 Å². The van der Waals surface area contributed by atoms with Gasteiger partial charge in [-0.1, -0.05) is 112 Å². The van der Waals surface area contributed by atoms with Gasteiger partial charge in [-0.15, -0.1) is 12.3 Å². The fourth-order valence-electron chi connectivity index (χ4n) is 4.61. The number of carbonyl (C=O) groups is 5. The molecule has 0 spiro atoms. The van der Waals surface area contributed by atoms with Gasteiger partial charge in [0.05, 0.1) is 6.04 Å². The lowest BCUT2D eigenvalue weighted by atomic mass is 9.85. The molecular formula is C37H63N5O5. The van der Waals surface area contributed by atoms with Gasteiger partial charge in [0.15, 0.2) is 0 Å². The third-order valence-corrected chi connectivity index (χ3v) is 6.83. The summed E-state index contributed by atoms with van der Waals surface area (Å²) >= 11 is 0. The molecule has 1 heterocycles. The summed E-state index contributed by atoms with van der Waals surface area (Å²) in [6, 6.07) is 6.29. The van der Waals surface area contributed by atoms with Gasteiger partial charge in [0.25, 0.3) is 5.91 Å². The molecule has 1 aromatic carbocycles. The zero-order chi connectivity index (χ0) is 36.6. The highest BCUT2D eigenvalue weighted by atomic mass is 16.2. The van der Waals surface area contributed by atoms with Gasteiger partial charge in [0, 0.05) is 19.0 Å². The van der Waals surface area contributed by atoms with Crippen molar-refractivity contribution in [1.82, 2.24) is 20.9 Å². The number of carbonyl (C=O) groups excluding carboxylic acids is 5. The van der Waals surface area contributed by atoms with Crippen molar-refractivity contribution < 1.29 is 24.0 Å². The van der Waals surface area contributed by atoms with Gasteiger partial charge in [-0.05, 0) is 43.1 Å². The topological polar surface area (TPSA) is 151 Å². The van der Waals surface area contributed by atoms with Crippen LogP contribution in [0.3, 0.4) is 0 Å². The minimum atomic E-state index is -1.17. The predicted molar refractivity (Wildman–Crippen MR) is 191 cm³/mol. The van der Waals surface area contributed by atoms with Crippen LogP contribution >= 0.6 is 0 Å². The Kier molecular flexibility index (Phi) is 24.3. The summed E-state index contributed by atoms with van der Waals surface area (Å²) in [5.41, 5.74) is 5.57. The van der Waals surface area contributed by atoms with E-state index >= 15 is 0 Å². The summed E-state index contributed by atoms with van der Waals surface area (Å²) in [6.45, 7) is 20.3. The number of nitrogens with one attached hydrogen (secondary N) is 3. The van der Waals surface area contributed by atoms with Gasteiger partial charge >= 0.3 is 6.03 Å². The van der Waals surface area contributed by atoms with E-state index in [9.17, 15) is 24.0 Å². The summed E-state index contributed by atoms with van der Waals surface area (Å²) in [5, 5.41) is 8.36. The number of hydrogen-bond acceptors (Lipinski definition) is 5. The maximum atomic E-state index is 13.7. The van der Waals surface area contributed by atoms with Crippen molar-refractivity contribution in [3.8, 4) is 12.3 Å². The van der Waals surface area contributed by atoms with Crippen LogP contribution in [0.2, 0.25) is 0 Å². The van der Waals surface area contributed by atoms with Gasteiger partial charge < -0.3 is 26.6 Å². The molecule has 266 valence electrons. The number of amides is 5. The quantitative estimate of drug-likeness (QED) is 0.172. The Balaban J connectivity index is 0. The second-order valence-electron chi connectivity index (χ2n) is 12.3. The number of nitrogens with zero attached hydrogens (tertiary/aromatic N) is 1. The molecule has 5 amide bonds. The third-order valence-electron chi connectivity index (χ3n) is 6.83. The molecule has 2 rings (SSSR count). The molecule has 0 aliphatic carbocycles. The number of likely N-dealkylation sites (tertiary alicyclic amines) is 1. The van der Waals surface area contributed by atoms with E-state index < -0.39 is 53.1 Å². The second kappa shape index (κ2) is 25.2. The average molecular weight is 658 g/mol. The lowest BCUT2D eigenvalue weighted by Gasteiger charge is -2.36. The molecule has 4 atom stereocenters. The van der Waals surface area contributed by atoms with Crippen molar-refractivity contribution in [1.29, 1.82) is 0 Å². The molecule has 1 fully saturated rings. The summed E-state index contributed by atoms with van der Waals surface area (Å²) in [6.07, 6.45) is 10.3. The molecule has 0 bridgehead atoms. The van der Waals surface area contributed by atoms with Crippen molar-refractivity contribution in [3.63, 3.8) is 0 Å². The van der Waals surface area contributed by atoms with Crippen LogP contribution in [0.25, 0.3) is 0 Å². The number of primary amides is 1. The Morgan fingerprint density at radius 1 is 0.957 bits per heavy atom. The van der Waals surface area contributed by atoms with Crippen molar-refractivity contribution in [2.45, 2.75) is 145 Å². The number of rotatable bonds is 12. The maximum Gasteiger partial charge on any atom is 0.315 e. The van der Waals surface area contributed by atoms with Crippen LogP contribution in [0, 0.1) is 17.8 Å². The standard InChI is InChI=1S/C29H41N5O5.2C3H8.C2H6/c1-6-8-15-21(23(35)25(30)36)32-26(37)22-16-12-17-34(22)27(38)24(29(3,4)5)33-28(39)31-20(7-2)18-19-13-10-9-11-14-19;2*1-3-2;1-2/h1,9-11,13-14,20-22,24H,7-8,12,15-18H2,2-5H3,(H2,30,36)(H,32,37)(H2,31,33,39);2*3H2,1-2H3;1-2H3. The maximum absolute atomic E-state index is 13.7. The molecule has 1 aromatic rings. The van der Waals surface area contributed by atoms with Gasteiger partial charge in [-0.2, -0.15) is 0 Å². The fourth-order valence-corrected chi connectivity index (χ4v) is 4.61. The Hall–Kier alpha value is -3.87. The number of hydrogen-bond donors (Lipinski definition) is 4. The Morgan fingerprint density at radius 2 is 1.51 bits per heavy atom. The van der Waals surface area contributed by atoms with Gasteiger partial charge in [0.2, 0.25) is 17.6 Å². The first kappa shape index (κ1) is 45.3. The third kappa shape index (κ3) is 17.6. The van der Waals surface area contributed by atoms with Crippen LogP contribution in [0.15, 0.2) is 30.3 Å². The van der Waals surface area contributed by atoms with Crippen molar-refractivity contribution >= 4 is 29.5 Å². The van der Waals surface area contributed by atoms with Crippen LogP contribution in [0.5, 0.6) is 0 Å². The van der Waals surface area contributed by atoms with Gasteiger partial charge in [-0.25, -0.2) is 4.79 Å². The Morgan fingerprint density at radius 3 is 1.98 bits per heavy atom. The predicted octanol–water partition coefficient (Wildman–Crippen LogP) is 5.52. The zero-order valence-corrected chi connectivity index (χ0v) is 30.7. The summed E-state index contributed by atoms with van der Waals surface area (Å²) in [4.78, 5) is 65.0. The highest BCUT2D eigenvalue weighted by Crippen LogP contribution is 2.26. The van der Waals surface area contributed by atoms with Crippen molar-refractivity contribution in [3.05, 3.63) is 35.9 Å². The van der Waals surface area contributed by atoms with Gasteiger partial charge in [0.1, 0.15) is 12.1 Å². The van der Waals surface area contributed by atoms with E-state index in [0.717, 1.165) is 5.56 Å². The van der Waals surface area contributed by atoms with Gasteiger partial charge in [-0.3, -0.25) is 19.2 Å². The summed E-state index contributed by atoms with van der Waals surface area (Å²) in [7, 11) is 0. The van der Waals surface area contributed by atoms with Crippen LogP contribution in [0.4, 0.5) is 4.79 Å². The molecule has 47 heavy (non-hydrogen) atoms. The SMILES string of the molecule is C#CCCC(NC(=O)C1CCCN1C(=O)C(NC(=O)NC(CC)Cc1ccccc1)C(C)(C)C)C(=O)C(N)=O.CC.CCC.CCC. The molecule has 0 saturated carbocycles. The van der Waals surface area contributed by atoms with E-state index in [4.69, 9.17) is 12.2 Å². The summed E-state index contributed by atoms with van der Waals surface area (Å²) < 4.78 is 0. The lowest BCUT2D eigenvalue weighted by molar-refractivity contribution is -0.143. The number of nitrogens with two attached hydrogens (primary N) is 1. The first-order chi connectivity index (χ1) is 22.2. The van der Waals surface area contributed by atoms with Crippen molar-refractivity contribution in [2.24, 2.45) is 11.1 Å². The van der Waals surface area contributed by atoms with Crippen LogP contribution in [-0.4, -0.2) is 65.1 Å². The van der Waals surface area contributed by atoms with E-state index in [1.807, 2.05) is 71.9 Å². The highest BCUT2D eigenvalue weighted by Gasteiger charge is 2.42. The molecule has 0 radical (unpaired) electrons. The van der Waals surface area contributed by atoms with Crippen LogP contribution in [-0.2, 0) is 25.6 Å². The molecular weight excluding hydrogens is 594 g/mol. The molecule has 1 aliphatic rings. The van der Waals surface area contributed by atoms with Crippen LogP contribution < -0.4 is 21.7 Å². The number of urea groups is 1. The first-order valence-electron chi connectivity index (χ1n) is 17.2. The minimum absolute atomic E-state index is 0.0542. The molecule has 5 N–H and O–H groups in total. The molecule has 10 heteroatoms. The molecule has 10 nitrogen and oxygen atoms in total. The smallest absolute Gasteiger partial charge is 0.315 e. The lowest BCUT2D eigenvalue weighted by Crippen LogP contribution is -2.60. The number of benzene rings is 1. The number of Topliss-reactive ketones (excluding diaryl/α,β-unsaturated/α-hetero) is 1. The van der Waals surface area contributed by atoms with Crippen LogP contribution in [0.1, 0.15) is 120 Å². The number of terminal acetylenes is 1. The monoisotopic (exact) mass is 657 g/mol. The van der Waals surface area contributed by atoms with E-state index in [0.29, 0.717) is 32.2 Å². The molecule has 4 unspecified atom stereocenters. The van der Waals surface area contributed by atoms with E-state index in [1.54, 1.807) is 0 Å². The minimum Gasteiger partial charge on any atom is -0.363 e. The fraction of sp³-hybridized carbons (Fsp3) is 0.649. The molecule has 0 aromatic heterocycles. The normalized spacial score (nSPS) is 15.3. The van der Waals surface area contributed by atoms with E-state index in [1.165, 1.54) is 17.7 Å². The Labute approximate surface area is 284 Å². The summed E-state index contributed by atoms with van der Waals surface area (Å²) in [5.74, 6) is -0.698. The average Bonchev–Trinajstić information content (AvgIpc) is 3.53. The zero-order valence-electron chi connectivity index (χ0n) is 30.7. The Bertz CT molecular complexity index is 1110. The van der Waals surface area contributed by atoms with E-state index in [2.05, 4.69) is 49.6 Å². The molecule has 1 saturated heterocycles. The number of ketones is 1. The second-order valence-corrected chi connectivity index (χ2v) is 12.3. The highest BCUT2D eigenvalue weighted by molar-refractivity contribution is 6.37. The first-order valence-corrected chi connectivity index (χ1v) is 17.2. The largest absolute Gasteiger partial charge is 0.363 e. The molecule has 1 aliphatic heterocycles.